The Kier molecular flexibility index (Phi) is 6.06. The average molecular weight is 247 g/mol. The highest BCUT2D eigenvalue weighted by Gasteiger charge is 2.09. The van der Waals surface area contributed by atoms with Crippen LogP contribution in [0.1, 0.15) is 30.5 Å². The van der Waals surface area contributed by atoms with Crippen molar-refractivity contribution in [1.82, 2.24) is 9.97 Å². The van der Waals surface area contributed by atoms with Gasteiger partial charge in [0.05, 0.1) is 11.9 Å². The topological polar surface area (TPSA) is 88.8 Å². The SMILES string of the molecule is C.C=C/C=C(\C=C/C)c1cnc(C(N)=O)c(=O)[nH]1. The zero-order valence-corrected chi connectivity index (χ0v) is 9.43. The first-order chi connectivity index (χ1) is 8.10. The lowest BCUT2D eigenvalue weighted by Crippen LogP contribution is -2.26. The number of aromatic nitrogens is 2. The van der Waals surface area contributed by atoms with Gasteiger partial charge in [-0.1, -0.05) is 38.3 Å². The van der Waals surface area contributed by atoms with Crippen molar-refractivity contribution >= 4 is 11.5 Å². The molecular weight excluding hydrogens is 230 g/mol. The van der Waals surface area contributed by atoms with E-state index in [1.165, 1.54) is 6.20 Å². The summed E-state index contributed by atoms with van der Waals surface area (Å²) in [4.78, 5) is 28.6. The molecule has 0 fully saturated rings. The number of rotatable bonds is 4. The molecule has 0 unspecified atom stereocenters. The molecule has 0 aliphatic rings. The Morgan fingerprint density at radius 1 is 1.56 bits per heavy atom. The first kappa shape index (κ1) is 15.6. The summed E-state index contributed by atoms with van der Waals surface area (Å²) >= 11 is 0. The predicted molar refractivity (Wildman–Crippen MR) is 73.1 cm³/mol. The van der Waals surface area contributed by atoms with E-state index < -0.39 is 11.5 Å². The van der Waals surface area contributed by atoms with Crippen molar-refractivity contribution in [3.63, 3.8) is 0 Å². The highest BCUT2D eigenvalue weighted by molar-refractivity contribution is 5.90. The van der Waals surface area contributed by atoms with Crippen LogP contribution in [0.4, 0.5) is 0 Å². The van der Waals surface area contributed by atoms with Crippen molar-refractivity contribution in [3.8, 4) is 0 Å². The van der Waals surface area contributed by atoms with Gasteiger partial charge in [-0.05, 0) is 12.5 Å². The molecule has 5 heteroatoms. The number of amides is 1. The number of carbonyl (C=O) groups is 1. The summed E-state index contributed by atoms with van der Waals surface area (Å²) in [5.74, 6) is -0.849. The third kappa shape index (κ3) is 3.55. The van der Waals surface area contributed by atoms with Crippen LogP contribution in [0.5, 0.6) is 0 Å². The second-order valence-electron chi connectivity index (χ2n) is 3.20. The van der Waals surface area contributed by atoms with Crippen molar-refractivity contribution in [2.75, 3.05) is 0 Å². The number of nitrogens with two attached hydrogens (primary N) is 1. The third-order valence-corrected chi connectivity index (χ3v) is 1.97. The molecule has 0 saturated carbocycles. The van der Waals surface area contributed by atoms with Crippen molar-refractivity contribution in [2.24, 2.45) is 5.73 Å². The van der Waals surface area contributed by atoms with Crippen LogP contribution in [-0.4, -0.2) is 15.9 Å². The minimum absolute atomic E-state index is 0. The molecule has 0 aromatic carbocycles. The highest BCUT2D eigenvalue weighted by Crippen LogP contribution is 2.11. The van der Waals surface area contributed by atoms with Gasteiger partial charge in [0.25, 0.3) is 11.5 Å². The number of aromatic amines is 1. The van der Waals surface area contributed by atoms with E-state index in [4.69, 9.17) is 5.73 Å². The molecule has 3 N–H and O–H groups in total. The normalized spacial score (nSPS) is 11.1. The van der Waals surface area contributed by atoms with Crippen molar-refractivity contribution in [2.45, 2.75) is 14.4 Å². The summed E-state index contributed by atoms with van der Waals surface area (Å²) in [5, 5.41) is 0. The average Bonchev–Trinajstić information content (AvgIpc) is 2.28. The Labute approximate surface area is 106 Å². The zero-order valence-electron chi connectivity index (χ0n) is 9.43. The van der Waals surface area contributed by atoms with Crippen LogP contribution in [0.2, 0.25) is 0 Å². The summed E-state index contributed by atoms with van der Waals surface area (Å²) in [6.45, 7) is 5.43. The summed E-state index contributed by atoms with van der Waals surface area (Å²) in [7, 11) is 0. The Morgan fingerprint density at radius 2 is 2.22 bits per heavy atom. The fraction of sp³-hybridized carbons (Fsp3) is 0.154. The van der Waals surface area contributed by atoms with Crippen LogP contribution >= 0.6 is 0 Å². The van der Waals surface area contributed by atoms with Gasteiger partial charge in [0.2, 0.25) is 0 Å². The number of allylic oxidation sites excluding steroid dienone is 5. The number of nitrogens with zero attached hydrogens (tertiary/aromatic N) is 1. The molecule has 1 aromatic rings. The van der Waals surface area contributed by atoms with Gasteiger partial charge in [-0.25, -0.2) is 4.98 Å². The van der Waals surface area contributed by atoms with Crippen LogP contribution in [0.15, 0.2) is 41.9 Å². The molecule has 96 valence electrons. The second-order valence-corrected chi connectivity index (χ2v) is 3.20. The largest absolute Gasteiger partial charge is 0.364 e. The first-order valence-electron chi connectivity index (χ1n) is 4.95. The number of primary amides is 1. The Bertz CT molecular complexity index is 554. The van der Waals surface area contributed by atoms with E-state index in [1.807, 2.05) is 13.0 Å². The van der Waals surface area contributed by atoms with Crippen LogP contribution in [0, 0.1) is 0 Å². The van der Waals surface area contributed by atoms with E-state index in [-0.39, 0.29) is 13.1 Å². The monoisotopic (exact) mass is 247 g/mol. The molecule has 18 heavy (non-hydrogen) atoms. The minimum Gasteiger partial charge on any atom is -0.364 e. The van der Waals surface area contributed by atoms with Crippen LogP contribution in [-0.2, 0) is 0 Å². The zero-order chi connectivity index (χ0) is 12.8. The maximum atomic E-state index is 11.5. The van der Waals surface area contributed by atoms with Gasteiger partial charge in [-0.15, -0.1) is 0 Å². The predicted octanol–water partition coefficient (Wildman–Crippen LogP) is 1.65. The molecule has 0 saturated heterocycles. The maximum Gasteiger partial charge on any atom is 0.280 e. The molecule has 0 spiro atoms. The molecular formula is C13H17N3O2. The molecule has 1 aromatic heterocycles. The number of hydrogen-bond donors (Lipinski definition) is 2. The van der Waals surface area contributed by atoms with Gasteiger partial charge in [0, 0.05) is 0 Å². The first-order valence-corrected chi connectivity index (χ1v) is 4.95. The minimum atomic E-state index is -0.849. The summed E-state index contributed by atoms with van der Waals surface area (Å²) in [5.41, 5.74) is 5.33. The lowest BCUT2D eigenvalue weighted by molar-refractivity contribution is 0.0994. The van der Waals surface area contributed by atoms with Crippen LogP contribution < -0.4 is 11.3 Å². The quantitative estimate of drug-likeness (QED) is 0.793. The highest BCUT2D eigenvalue weighted by atomic mass is 16.2. The summed E-state index contributed by atoms with van der Waals surface area (Å²) < 4.78 is 0. The van der Waals surface area contributed by atoms with Crippen molar-refractivity contribution in [1.29, 1.82) is 0 Å². The standard InChI is InChI=1S/C12H13N3O2.CH4/c1-3-5-8(6-4-2)9-7-14-10(11(13)16)12(17)15-9;/h3-7H,1H2,2H3,(H2,13,16)(H,15,17);1H4/b6-4-,8-5+;. The van der Waals surface area contributed by atoms with Gasteiger partial charge in [-0.3, -0.25) is 9.59 Å². The van der Waals surface area contributed by atoms with Gasteiger partial charge < -0.3 is 10.7 Å². The van der Waals surface area contributed by atoms with E-state index >= 15 is 0 Å². The molecule has 0 bridgehead atoms. The molecule has 1 rings (SSSR count). The molecule has 5 nitrogen and oxygen atoms in total. The van der Waals surface area contributed by atoms with Gasteiger partial charge in [-0.2, -0.15) is 0 Å². The van der Waals surface area contributed by atoms with Gasteiger partial charge >= 0.3 is 0 Å². The molecule has 1 amide bonds. The van der Waals surface area contributed by atoms with Gasteiger partial charge in [0.1, 0.15) is 0 Å². The Hall–Kier alpha value is -2.43. The summed E-state index contributed by atoms with van der Waals surface area (Å²) in [6.07, 6.45) is 8.30. The number of H-pyrrole nitrogens is 1. The van der Waals surface area contributed by atoms with Crippen molar-refractivity contribution in [3.05, 3.63) is 58.8 Å². The molecule has 0 aliphatic carbocycles. The molecule has 0 aliphatic heterocycles. The third-order valence-electron chi connectivity index (χ3n) is 1.97. The van der Waals surface area contributed by atoms with Crippen LogP contribution in [0.25, 0.3) is 5.57 Å². The maximum absolute atomic E-state index is 11.5. The lowest BCUT2D eigenvalue weighted by atomic mass is 10.1. The van der Waals surface area contributed by atoms with E-state index in [0.717, 1.165) is 5.57 Å². The fourth-order valence-electron chi connectivity index (χ4n) is 1.27. The van der Waals surface area contributed by atoms with E-state index in [2.05, 4.69) is 16.5 Å². The Balaban J connectivity index is 0.00000289. The smallest absolute Gasteiger partial charge is 0.280 e. The molecule has 0 atom stereocenters. The number of carbonyl (C=O) groups excluding carboxylic acids is 1. The van der Waals surface area contributed by atoms with E-state index in [9.17, 15) is 9.59 Å². The van der Waals surface area contributed by atoms with E-state index in [1.54, 1.807) is 18.2 Å². The van der Waals surface area contributed by atoms with Crippen molar-refractivity contribution < 1.29 is 4.79 Å². The fourth-order valence-corrected chi connectivity index (χ4v) is 1.27. The number of nitrogens with one attached hydrogen (secondary N) is 1. The van der Waals surface area contributed by atoms with Gasteiger partial charge in [0.15, 0.2) is 5.69 Å². The molecule has 1 heterocycles. The second kappa shape index (κ2) is 7.01. The summed E-state index contributed by atoms with van der Waals surface area (Å²) in [6, 6.07) is 0. The Morgan fingerprint density at radius 3 is 2.67 bits per heavy atom. The molecule has 0 radical (unpaired) electrons. The van der Waals surface area contributed by atoms with Crippen LogP contribution in [0.3, 0.4) is 0 Å². The van der Waals surface area contributed by atoms with E-state index in [0.29, 0.717) is 5.69 Å². The lowest BCUT2D eigenvalue weighted by Gasteiger charge is -2.02. The number of hydrogen-bond acceptors (Lipinski definition) is 3.